The van der Waals surface area contributed by atoms with Crippen molar-refractivity contribution in [3.05, 3.63) is 65.2 Å². The lowest BCUT2D eigenvalue weighted by Gasteiger charge is -2.35. The Kier molecular flexibility index (Phi) is 12.2. The summed E-state index contributed by atoms with van der Waals surface area (Å²) in [6, 6.07) is 16.8. The van der Waals surface area contributed by atoms with E-state index in [2.05, 4.69) is 62.9 Å². The Morgan fingerprint density at radius 1 is 0.370 bits per heavy atom. The molecule has 0 N–H and O–H groups in total. The average Bonchev–Trinajstić information content (AvgIpc) is 3.48. The predicted octanol–water partition coefficient (Wildman–Crippen LogP) is 13.9. The number of nitrogens with zero attached hydrogens (tertiary/aromatic N) is 2. The third kappa shape index (κ3) is 6.90. The summed E-state index contributed by atoms with van der Waals surface area (Å²) in [4.78, 5) is 47.2. The zero-order chi connectivity index (χ0) is 37.8. The van der Waals surface area contributed by atoms with Crippen LogP contribution < -0.4 is 4.90 Å². The molecule has 0 saturated carbocycles. The highest BCUT2D eigenvalue weighted by Crippen LogP contribution is 2.49. The second kappa shape index (κ2) is 17.2. The lowest BCUT2D eigenvalue weighted by Crippen LogP contribution is -2.47. The number of fused-ring (bicyclic) bond motifs is 2. The van der Waals surface area contributed by atoms with E-state index in [4.69, 9.17) is 0 Å². The molecule has 0 radical (unpaired) electrons. The number of imide groups is 1. The van der Waals surface area contributed by atoms with Crippen LogP contribution in [0.1, 0.15) is 187 Å². The molecule has 0 bridgehead atoms. The quantitative estimate of drug-likeness (QED) is 0.0309. The van der Waals surface area contributed by atoms with E-state index in [1.165, 1.54) is 51.4 Å². The summed E-state index contributed by atoms with van der Waals surface area (Å²) in [6.45, 7) is 8.94. The van der Waals surface area contributed by atoms with Crippen LogP contribution in [0, 0.1) is 0 Å². The zero-order valence-electron chi connectivity index (χ0n) is 33.5. The predicted molar refractivity (Wildman–Crippen MR) is 228 cm³/mol. The van der Waals surface area contributed by atoms with Gasteiger partial charge in [-0.3, -0.25) is 19.3 Å². The Morgan fingerprint density at radius 3 is 1.11 bits per heavy atom. The Morgan fingerprint density at radius 2 is 0.704 bits per heavy atom. The molecule has 0 spiro atoms. The third-order valence-electron chi connectivity index (χ3n) is 12.8. The summed E-state index contributed by atoms with van der Waals surface area (Å²) in [5.74, 6) is -0.148. The molecule has 5 nitrogen and oxygen atoms in total. The molecule has 2 heterocycles. The molecule has 2 aliphatic heterocycles. The highest BCUT2D eigenvalue weighted by Gasteiger charge is 2.39. The number of anilines is 1. The van der Waals surface area contributed by atoms with Gasteiger partial charge in [-0.2, -0.15) is 0 Å². The first-order valence-corrected chi connectivity index (χ1v) is 21.9. The van der Waals surface area contributed by atoms with Crippen molar-refractivity contribution in [1.82, 2.24) is 4.90 Å². The normalized spacial score (nSPS) is 14.3. The van der Waals surface area contributed by atoms with Gasteiger partial charge in [-0.1, -0.05) is 155 Å². The van der Waals surface area contributed by atoms with Crippen LogP contribution in [0.3, 0.4) is 0 Å². The van der Waals surface area contributed by atoms with Gasteiger partial charge in [0.25, 0.3) is 17.7 Å². The summed E-state index contributed by atoms with van der Waals surface area (Å²) in [5.41, 5.74) is 3.14. The minimum absolute atomic E-state index is 0.0790. The molecule has 0 atom stereocenters. The maximum Gasteiger partial charge on any atom is 0.261 e. The highest BCUT2D eigenvalue weighted by atomic mass is 16.2. The maximum atomic E-state index is 14.5. The van der Waals surface area contributed by atoms with Crippen molar-refractivity contribution in [3.63, 3.8) is 0 Å². The maximum absolute atomic E-state index is 14.5. The molecule has 0 fully saturated rings. The van der Waals surface area contributed by atoms with E-state index in [1.54, 1.807) is 4.90 Å². The smallest absolute Gasteiger partial charge is 0.261 e. The number of carbonyl (C=O) groups is 3. The molecule has 5 aromatic carbocycles. The Bertz CT molecular complexity index is 2040. The molecule has 5 aromatic rings. The van der Waals surface area contributed by atoms with E-state index in [0.29, 0.717) is 11.1 Å². The number of unbranched alkanes of at least 4 members (excludes halogenated alkanes) is 12. The van der Waals surface area contributed by atoms with E-state index in [9.17, 15) is 14.4 Å². The van der Waals surface area contributed by atoms with Gasteiger partial charge >= 0.3 is 0 Å². The molecule has 0 unspecified atom stereocenters. The number of carbonyl (C=O) groups excluding carboxylic acids is 3. The summed E-state index contributed by atoms with van der Waals surface area (Å²) in [7, 11) is 0. The van der Waals surface area contributed by atoms with E-state index in [0.717, 1.165) is 131 Å². The van der Waals surface area contributed by atoms with Gasteiger partial charge in [0.15, 0.2) is 0 Å². The summed E-state index contributed by atoms with van der Waals surface area (Å²) in [5, 5.41) is 8.26. The van der Waals surface area contributed by atoms with Gasteiger partial charge in [-0.15, -0.1) is 0 Å². The first-order valence-electron chi connectivity index (χ1n) is 21.9. The van der Waals surface area contributed by atoms with Crippen molar-refractivity contribution < 1.29 is 14.4 Å². The number of benzene rings is 5. The lowest BCUT2D eigenvalue weighted by atomic mass is 9.83. The molecular weight excluding hydrogens is 665 g/mol. The fourth-order valence-corrected chi connectivity index (χ4v) is 9.92. The summed E-state index contributed by atoms with van der Waals surface area (Å²) in [6.07, 6.45) is 22.4. The topological polar surface area (TPSA) is 57.7 Å². The van der Waals surface area contributed by atoms with Crippen molar-refractivity contribution in [2.24, 2.45) is 0 Å². The Balaban J connectivity index is 1.30. The number of amides is 3. The molecule has 0 saturated heterocycles. The second-order valence-electron chi connectivity index (χ2n) is 16.5. The van der Waals surface area contributed by atoms with E-state index in [-0.39, 0.29) is 29.8 Å². The number of hydrogen-bond donors (Lipinski definition) is 0. The van der Waals surface area contributed by atoms with Crippen LogP contribution >= 0.6 is 0 Å². The Labute approximate surface area is 323 Å². The van der Waals surface area contributed by atoms with Crippen molar-refractivity contribution in [2.75, 3.05) is 4.90 Å². The van der Waals surface area contributed by atoms with E-state index < -0.39 is 0 Å². The number of hydrogen-bond acceptors (Lipinski definition) is 3. The molecule has 286 valence electrons. The minimum Gasteiger partial charge on any atom is -0.305 e. The van der Waals surface area contributed by atoms with Crippen LogP contribution in [0.25, 0.3) is 43.1 Å². The first kappa shape index (κ1) is 38.3. The average molecular weight is 727 g/mol. The minimum atomic E-state index is -0.142. The lowest BCUT2D eigenvalue weighted by molar-refractivity contribution is 0.0517. The van der Waals surface area contributed by atoms with Crippen LogP contribution in [0.4, 0.5) is 5.69 Å². The third-order valence-corrected chi connectivity index (χ3v) is 12.8. The van der Waals surface area contributed by atoms with Gasteiger partial charge in [0, 0.05) is 44.9 Å². The van der Waals surface area contributed by atoms with Gasteiger partial charge in [0.05, 0.1) is 5.69 Å². The van der Waals surface area contributed by atoms with Gasteiger partial charge < -0.3 is 4.90 Å². The van der Waals surface area contributed by atoms with Gasteiger partial charge in [-0.05, 0) is 76.9 Å². The fourth-order valence-electron chi connectivity index (χ4n) is 9.92. The SMILES string of the molecule is CCCCCCC(CCCCCC)N1C(=O)c2ccc3c4ccc5c6c(ccc(c7ccc(c2c37)C1=O)c64)N(C(CCCCCC)CCCCCC)C5=O. The van der Waals surface area contributed by atoms with Crippen molar-refractivity contribution in [3.8, 4) is 0 Å². The van der Waals surface area contributed by atoms with E-state index >= 15 is 0 Å². The summed E-state index contributed by atoms with van der Waals surface area (Å²) >= 11 is 0. The van der Waals surface area contributed by atoms with Gasteiger partial charge in [0.2, 0.25) is 0 Å². The molecule has 2 aliphatic rings. The fraction of sp³-hybridized carbons (Fsp3) is 0.531. The molecule has 7 rings (SSSR count). The van der Waals surface area contributed by atoms with Crippen molar-refractivity contribution in [2.45, 2.75) is 168 Å². The largest absolute Gasteiger partial charge is 0.305 e. The van der Waals surface area contributed by atoms with Crippen LogP contribution in [0.15, 0.2) is 48.5 Å². The van der Waals surface area contributed by atoms with E-state index in [1.807, 2.05) is 18.2 Å². The van der Waals surface area contributed by atoms with Crippen LogP contribution in [0.2, 0.25) is 0 Å². The second-order valence-corrected chi connectivity index (χ2v) is 16.5. The Hall–Kier alpha value is -3.99. The molecule has 3 amide bonds. The standard InChI is InChI=1S/C49H62N2O3/c1-5-9-13-17-21-33(22-18-14-10-6-2)50-42-32-31-38-36-26-29-40-45-39(28-25-35(43(36)45)37-27-30-41(47(50)52)46(42)44(37)38)48(53)51(49(40)54)34(23-19-15-11-7-3)24-20-16-12-8-4/h25-34H,5-24H2,1-4H3. The van der Waals surface area contributed by atoms with Crippen LogP contribution in [0.5, 0.6) is 0 Å². The highest BCUT2D eigenvalue weighted by molar-refractivity contribution is 6.41. The molecule has 0 aromatic heterocycles. The monoisotopic (exact) mass is 726 g/mol. The molecule has 0 aliphatic carbocycles. The molecule has 5 heteroatoms. The van der Waals surface area contributed by atoms with Crippen LogP contribution in [-0.2, 0) is 0 Å². The molecule has 54 heavy (non-hydrogen) atoms. The van der Waals surface area contributed by atoms with Gasteiger partial charge in [-0.25, -0.2) is 0 Å². The van der Waals surface area contributed by atoms with Crippen LogP contribution in [-0.4, -0.2) is 34.7 Å². The van der Waals surface area contributed by atoms with Crippen molar-refractivity contribution >= 4 is 66.5 Å². The molecular formula is C49H62N2O3. The zero-order valence-corrected chi connectivity index (χ0v) is 33.5. The number of rotatable bonds is 22. The van der Waals surface area contributed by atoms with Crippen molar-refractivity contribution in [1.29, 1.82) is 0 Å². The first-order chi connectivity index (χ1) is 26.5. The van der Waals surface area contributed by atoms with Gasteiger partial charge in [0.1, 0.15) is 0 Å². The summed E-state index contributed by atoms with van der Waals surface area (Å²) < 4.78 is 0.